The van der Waals surface area contributed by atoms with E-state index >= 15 is 0 Å². The number of aliphatic hydroxyl groups is 1. The van der Waals surface area contributed by atoms with E-state index in [2.05, 4.69) is 15.9 Å². The molecule has 0 fully saturated rings. The van der Waals surface area contributed by atoms with Gasteiger partial charge in [0.05, 0.1) is 5.60 Å². The van der Waals surface area contributed by atoms with E-state index < -0.39 is 5.60 Å². The quantitative estimate of drug-likeness (QED) is 0.898. The van der Waals surface area contributed by atoms with E-state index in [1.807, 2.05) is 32.0 Å². The fraction of sp³-hybridized carbons (Fsp3) is 0.500. The summed E-state index contributed by atoms with van der Waals surface area (Å²) in [7, 11) is 0. The van der Waals surface area contributed by atoms with Crippen molar-refractivity contribution in [2.75, 3.05) is 6.54 Å². The van der Waals surface area contributed by atoms with Gasteiger partial charge in [-0.3, -0.25) is 0 Å². The van der Waals surface area contributed by atoms with E-state index in [1.165, 1.54) is 0 Å². The monoisotopic (exact) mass is 305 g/mol. The van der Waals surface area contributed by atoms with Crippen LogP contribution in [0.1, 0.15) is 19.4 Å². The molecule has 0 aliphatic heterocycles. The van der Waals surface area contributed by atoms with E-state index in [-0.39, 0.29) is 12.5 Å². The number of hydrogen-bond donors (Lipinski definition) is 2. The molecule has 16 heavy (non-hydrogen) atoms. The molecule has 3 N–H and O–H groups in total. The standard InChI is InChI=1S/C12H17BrClNO/c1-8(2)12(16,7-15)6-9-3-4-10(13)5-11(9)14/h3-5,8,16H,6-7,15H2,1-2H3. The zero-order valence-corrected chi connectivity index (χ0v) is 11.8. The summed E-state index contributed by atoms with van der Waals surface area (Å²) in [6.45, 7) is 4.15. The third kappa shape index (κ3) is 3.20. The van der Waals surface area contributed by atoms with E-state index in [4.69, 9.17) is 17.3 Å². The topological polar surface area (TPSA) is 46.2 Å². The first-order valence-corrected chi connectivity index (χ1v) is 6.42. The minimum Gasteiger partial charge on any atom is -0.388 e. The van der Waals surface area contributed by atoms with Gasteiger partial charge in [0.2, 0.25) is 0 Å². The Hall–Kier alpha value is -0.0900. The predicted octanol–water partition coefficient (Wildman–Crippen LogP) is 2.99. The van der Waals surface area contributed by atoms with Crippen molar-refractivity contribution in [1.82, 2.24) is 0 Å². The van der Waals surface area contributed by atoms with Gasteiger partial charge in [0.15, 0.2) is 0 Å². The number of hydrogen-bond acceptors (Lipinski definition) is 2. The minimum atomic E-state index is -0.891. The van der Waals surface area contributed by atoms with Gasteiger partial charge >= 0.3 is 0 Å². The van der Waals surface area contributed by atoms with Crippen molar-refractivity contribution in [2.24, 2.45) is 11.7 Å². The average molecular weight is 307 g/mol. The highest BCUT2D eigenvalue weighted by Gasteiger charge is 2.30. The lowest BCUT2D eigenvalue weighted by molar-refractivity contribution is 0.00409. The molecule has 0 aliphatic carbocycles. The Morgan fingerprint density at radius 3 is 2.56 bits per heavy atom. The van der Waals surface area contributed by atoms with Gasteiger partial charge in [0.1, 0.15) is 0 Å². The fourth-order valence-electron chi connectivity index (χ4n) is 1.51. The average Bonchev–Trinajstić information content (AvgIpc) is 2.22. The maximum Gasteiger partial charge on any atom is 0.0832 e. The highest BCUT2D eigenvalue weighted by molar-refractivity contribution is 9.10. The molecule has 0 bridgehead atoms. The van der Waals surface area contributed by atoms with Gasteiger partial charge in [-0.25, -0.2) is 0 Å². The molecule has 4 heteroatoms. The zero-order chi connectivity index (χ0) is 12.3. The lowest BCUT2D eigenvalue weighted by Crippen LogP contribution is -2.44. The molecule has 1 aromatic carbocycles. The van der Waals surface area contributed by atoms with Crippen LogP contribution in [0.4, 0.5) is 0 Å². The Balaban J connectivity index is 2.95. The molecular formula is C12H17BrClNO. The summed E-state index contributed by atoms with van der Waals surface area (Å²) < 4.78 is 0.932. The van der Waals surface area contributed by atoms with Gasteiger partial charge in [0.25, 0.3) is 0 Å². The third-order valence-corrected chi connectivity index (χ3v) is 3.78. The van der Waals surface area contributed by atoms with Gasteiger partial charge in [-0.05, 0) is 23.6 Å². The van der Waals surface area contributed by atoms with Gasteiger partial charge in [-0.2, -0.15) is 0 Å². The SMILES string of the molecule is CC(C)C(O)(CN)Cc1ccc(Br)cc1Cl. The summed E-state index contributed by atoms with van der Waals surface area (Å²) >= 11 is 9.47. The van der Waals surface area contributed by atoms with E-state index in [0.717, 1.165) is 10.0 Å². The van der Waals surface area contributed by atoms with Crippen LogP contribution in [0.25, 0.3) is 0 Å². The summed E-state index contributed by atoms with van der Waals surface area (Å²) in [4.78, 5) is 0. The third-order valence-electron chi connectivity index (χ3n) is 2.94. The molecule has 0 spiro atoms. The molecule has 1 atom stereocenters. The second-order valence-electron chi connectivity index (χ2n) is 4.37. The highest BCUT2D eigenvalue weighted by Crippen LogP contribution is 2.27. The summed E-state index contributed by atoms with van der Waals surface area (Å²) in [6.07, 6.45) is 0.479. The predicted molar refractivity (Wildman–Crippen MR) is 71.7 cm³/mol. The van der Waals surface area contributed by atoms with E-state index in [0.29, 0.717) is 11.4 Å². The fourth-order valence-corrected chi connectivity index (χ4v) is 2.25. The van der Waals surface area contributed by atoms with Crippen LogP contribution in [0.2, 0.25) is 5.02 Å². The maximum absolute atomic E-state index is 10.3. The zero-order valence-electron chi connectivity index (χ0n) is 9.50. The van der Waals surface area contributed by atoms with Crippen molar-refractivity contribution < 1.29 is 5.11 Å². The maximum atomic E-state index is 10.3. The molecule has 1 unspecified atom stereocenters. The van der Waals surface area contributed by atoms with Crippen LogP contribution in [0.3, 0.4) is 0 Å². The molecule has 0 amide bonds. The van der Waals surface area contributed by atoms with Crippen LogP contribution >= 0.6 is 27.5 Å². The van der Waals surface area contributed by atoms with Crippen LogP contribution in [0.5, 0.6) is 0 Å². The molecule has 1 rings (SSSR count). The first-order chi connectivity index (χ1) is 7.39. The van der Waals surface area contributed by atoms with Gasteiger partial charge < -0.3 is 10.8 Å². The molecule has 0 saturated carbocycles. The molecule has 2 nitrogen and oxygen atoms in total. The first-order valence-electron chi connectivity index (χ1n) is 5.25. The van der Waals surface area contributed by atoms with Crippen molar-refractivity contribution in [2.45, 2.75) is 25.9 Å². The summed E-state index contributed by atoms with van der Waals surface area (Å²) in [5.41, 5.74) is 5.66. The van der Waals surface area contributed by atoms with Crippen molar-refractivity contribution in [1.29, 1.82) is 0 Å². The lowest BCUT2D eigenvalue weighted by atomic mass is 9.84. The summed E-state index contributed by atoms with van der Waals surface area (Å²) in [6, 6.07) is 5.65. The second-order valence-corrected chi connectivity index (χ2v) is 5.70. The Morgan fingerprint density at radius 2 is 2.12 bits per heavy atom. The van der Waals surface area contributed by atoms with Gasteiger partial charge in [0, 0.05) is 22.5 Å². The Labute approximate surface area is 110 Å². The van der Waals surface area contributed by atoms with Crippen LogP contribution in [0, 0.1) is 5.92 Å². The number of benzene rings is 1. The first kappa shape index (κ1) is 14.0. The Bertz CT molecular complexity index is 370. The van der Waals surface area contributed by atoms with Gasteiger partial charge in [-0.1, -0.05) is 47.4 Å². The normalized spacial score (nSPS) is 15.2. The molecule has 1 aromatic rings. The molecule has 0 saturated heterocycles. The van der Waals surface area contributed by atoms with Crippen LogP contribution < -0.4 is 5.73 Å². The smallest absolute Gasteiger partial charge is 0.0832 e. The molecule has 0 aliphatic rings. The van der Waals surface area contributed by atoms with Crippen molar-refractivity contribution in [3.05, 3.63) is 33.3 Å². The highest BCUT2D eigenvalue weighted by atomic mass is 79.9. The summed E-state index contributed by atoms with van der Waals surface area (Å²) in [5, 5.41) is 11.0. The van der Waals surface area contributed by atoms with Crippen LogP contribution in [-0.4, -0.2) is 17.3 Å². The molecular weight excluding hydrogens is 289 g/mol. The molecule has 0 heterocycles. The van der Waals surface area contributed by atoms with Gasteiger partial charge in [-0.15, -0.1) is 0 Å². The summed E-state index contributed by atoms with van der Waals surface area (Å²) in [5.74, 6) is 0.0946. The van der Waals surface area contributed by atoms with Crippen LogP contribution in [-0.2, 0) is 6.42 Å². The van der Waals surface area contributed by atoms with Crippen molar-refractivity contribution in [3.8, 4) is 0 Å². The Morgan fingerprint density at radius 1 is 1.50 bits per heavy atom. The molecule has 0 radical (unpaired) electrons. The van der Waals surface area contributed by atoms with Crippen LogP contribution in [0.15, 0.2) is 22.7 Å². The van der Waals surface area contributed by atoms with Crippen molar-refractivity contribution >= 4 is 27.5 Å². The Kier molecular flexibility index (Phi) is 4.80. The lowest BCUT2D eigenvalue weighted by Gasteiger charge is -2.31. The number of nitrogens with two attached hydrogens (primary N) is 1. The molecule has 0 aromatic heterocycles. The minimum absolute atomic E-state index is 0.0946. The second kappa shape index (κ2) is 5.50. The van der Waals surface area contributed by atoms with Crippen molar-refractivity contribution in [3.63, 3.8) is 0 Å². The van der Waals surface area contributed by atoms with E-state index in [1.54, 1.807) is 0 Å². The number of halogens is 2. The van der Waals surface area contributed by atoms with E-state index in [9.17, 15) is 5.11 Å². The number of rotatable bonds is 4. The largest absolute Gasteiger partial charge is 0.388 e. The molecule has 90 valence electrons.